The van der Waals surface area contributed by atoms with Gasteiger partial charge in [0.15, 0.2) is 0 Å². The molecule has 4 rings (SSSR count). The maximum atomic E-state index is 13.2. The predicted molar refractivity (Wildman–Crippen MR) is 115 cm³/mol. The number of ether oxygens (including phenoxy) is 1. The van der Waals surface area contributed by atoms with Crippen molar-refractivity contribution >= 4 is 27.1 Å². The number of sulfonamides is 1. The number of piperidine rings is 1. The number of hydrogen-bond acceptors (Lipinski definition) is 5. The Labute approximate surface area is 177 Å². The highest BCUT2D eigenvalue weighted by Gasteiger charge is 2.41. The van der Waals surface area contributed by atoms with Crippen LogP contribution in [-0.4, -0.2) is 70.7 Å². The number of fused-ring (bicyclic) bond motifs is 1. The van der Waals surface area contributed by atoms with Gasteiger partial charge in [-0.2, -0.15) is 0 Å². The number of likely N-dealkylation sites (tertiary alicyclic amines) is 1. The Morgan fingerprint density at radius 2 is 1.93 bits per heavy atom. The lowest BCUT2D eigenvalue weighted by molar-refractivity contribution is 0.0295. The molecule has 0 bridgehead atoms. The van der Waals surface area contributed by atoms with E-state index in [0.717, 1.165) is 23.9 Å². The summed E-state index contributed by atoms with van der Waals surface area (Å²) in [7, 11) is -3.44. The Balaban J connectivity index is 1.38. The first-order valence-electron chi connectivity index (χ1n) is 10.5. The smallest absolute Gasteiger partial charge is 0.410 e. The molecular formula is C21H30N4O4S. The fourth-order valence-corrected chi connectivity index (χ4v) is 6.32. The summed E-state index contributed by atoms with van der Waals surface area (Å²) in [4.78, 5) is 21.3. The van der Waals surface area contributed by atoms with E-state index in [4.69, 9.17) is 4.74 Å². The third-order valence-electron chi connectivity index (χ3n) is 5.95. The fraction of sp³-hybridized carbons (Fsp3) is 0.619. The van der Waals surface area contributed by atoms with Crippen LogP contribution >= 0.6 is 0 Å². The van der Waals surface area contributed by atoms with Crippen LogP contribution in [0.3, 0.4) is 0 Å². The quantitative estimate of drug-likeness (QED) is 0.801. The van der Waals surface area contributed by atoms with Crippen molar-refractivity contribution in [2.45, 2.75) is 56.8 Å². The number of aromatic amines is 1. The van der Waals surface area contributed by atoms with Crippen LogP contribution in [0, 0.1) is 0 Å². The van der Waals surface area contributed by atoms with Crippen LogP contribution in [0.5, 0.6) is 0 Å². The first-order chi connectivity index (χ1) is 14.1. The highest BCUT2D eigenvalue weighted by molar-refractivity contribution is 7.89. The summed E-state index contributed by atoms with van der Waals surface area (Å²) in [5, 5.41) is 0.557. The highest BCUT2D eigenvalue weighted by atomic mass is 32.2. The van der Waals surface area contributed by atoms with Gasteiger partial charge in [0.1, 0.15) is 11.2 Å². The molecule has 2 aliphatic heterocycles. The molecule has 0 saturated carbocycles. The van der Waals surface area contributed by atoms with Crippen LogP contribution in [0.1, 0.15) is 51.5 Å². The number of carbonyl (C=O) groups excluding carboxylic acids is 1. The van der Waals surface area contributed by atoms with Crippen LogP contribution in [0.25, 0.3) is 11.0 Å². The molecule has 2 aliphatic rings. The van der Waals surface area contributed by atoms with E-state index in [2.05, 4.69) is 16.0 Å². The predicted octanol–water partition coefficient (Wildman–Crippen LogP) is 3.08. The van der Waals surface area contributed by atoms with Crippen molar-refractivity contribution < 1.29 is 17.9 Å². The van der Waals surface area contributed by atoms with Gasteiger partial charge in [0.2, 0.25) is 10.0 Å². The van der Waals surface area contributed by atoms with Crippen LogP contribution in [0.15, 0.2) is 24.5 Å². The number of nitrogens with zero attached hydrogens (tertiary/aromatic N) is 3. The number of rotatable bonds is 3. The van der Waals surface area contributed by atoms with Gasteiger partial charge in [-0.05, 0) is 63.6 Å². The summed E-state index contributed by atoms with van der Waals surface area (Å²) in [6, 6.07) is 3.98. The second-order valence-corrected chi connectivity index (χ2v) is 11.4. The lowest BCUT2D eigenvalue weighted by atomic mass is 9.90. The topological polar surface area (TPSA) is 95.6 Å². The molecule has 1 amide bonds. The van der Waals surface area contributed by atoms with E-state index in [0.29, 0.717) is 32.0 Å². The second kappa shape index (κ2) is 7.85. The third-order valence-corrected chi connectivity index (χ3v) is 8.27. The summed E-state index contributed by atoms with van der Waals surface area (Å²) in [5.41, 5.74) is 1.50. The number of nitrogens with one attached hydrogen (secondary N) is 1. The van der Waals surface area contributed by atoms with E-state index >= 15 is 0 Å². The maximum absolute atomic E-state index is 13.2. The van der Waals surface area contributed by atoms with Crippen LogP contribution < -0.4 is 0 Å². The largest absolute Gasteiger partial charge is 0.444 e. The standard InChI is InChI=1S/C21H30N4O4S/c1-21(2,3)29-20(26)24-10-8-16(14-24)30(27,28)25-11-6-15(7-12-25)18-13-23-19-17(18)5-4-9-22-19/h4-5,9,13,15-16H,6-8,10-12,14H2,1-3H3,(H,22,23). The number of carbonyl (C=O) groups is 1. The molecule has 0 spiro atoms. The average Bonchev–Trinajstić information content (AvgIpc) is 3.35. The number of pyridine rings is 1. The molecular weight excluding hydrogens is 404 g/mol. The fourth-order valence-electron chi connectivity index (χ4n) is 4.41. The zero-order chi connectivity index (χ0) is 21.5. The molecule has 8 nitrogen and oxygen atoms in total. The molecule has 164 valence electrons. The van der Waals surface area contributed by atoms with Gasteiger partial charge >= 0.3 is 6.09 Å². The summed E-state index contributed by atoms with van der Waals surface area (Å²) in [6.07, 6.45) is 5.34. The van der Waals surface area contributed by atoms with Gasteiger partial charge in [-0.25, -0.2) is 22.5 Å². The highest BCUT2D eigenvalue weighted by Crippen LogP contribution is 2.34. The van der Waals surface area contributed by atoms with Crippen molar-refractivity contribution in [3.05, 3.63) is 30.1 Å². The minimum absolute atomic E-state index is 0.200. The van der Waals surface area contributed by atoms with Gasteiger partial charge < -0.3 is 14.6 Å². The van der Waals surface area contributed by atoms with Crippen molar-refractivity contribution in [3.63, 3.8) is 0 Å². The van der Waals surface area contributed by atoms with Gasteiger partial charge in [-0.1, -0.05) is 0 Å². The third kappa shape index (κ3) is 4.18. The SMILES string of the molecule is CC(C)(C)OC(=O)N1CCC(S(=O)(=O)N2CCC(c3c[nH]c4ncccc34)CC2)C1. The summed E-state index contributed by atoms with van der Waals surface area (Å²) >= 11 is 0. The number of H-pyrrole nitrogens is 1. The van der Waals surface area contributed by atoms with Gasteiger partial charge in [-0.3, -0.25) is 0 Å². The first-order valence-corrected chi connectivity index (χ1v) is 12.0. The van der Waals surface area contributed by atoms with E-state index in [1.54, 1.807) is 10.5 Å². The monoisotopic (exact) mass is 434 g/mol. The van der Waals surface area contributed by atoms with Crippen LogP contribution in [0.2, 0.25) is 0 Å². The average molecular weight is 435 g/mol. The van der Waals surface area contributed by atoms with Crippen LogP contribution in [0.4, 0.5) is 4.79 Å². The van der Waals surface area contributed by atoms with E-state index in [1.165, 1.54) is 10.5 Å². The number of aromatic nitrogens is 2. The van der Waals surface area contributed by atoms with Crippen molar-refractivity contribution in [2.75, 3.05) is 26.2 Å². The first kappa shape index (κ1) is 21.1. The zero-order valence-electron chi connectivity index (χ0n) is 17.8. The molecule has 9 heteroatoms. The molecule has 1 unspecified atom stereocenters. The van der Waals surface area contributed by atoms with Gasteiger partial charge in [-0.15, -0.1) is 0 Å². The minimum Gasteiger partial charge on any atom is -0.444 e. The Bertz CT molecular complexity index is 1020. The summed E-state index contributed by atoms with van der Waals surface area (Å²) < 4.78 is 33.4. The lowest BCUT2D eigenvalue weighted by Gasteiger charge is -2.33. The Kier molecular flexibility index (Phi) is 5.52. The Hall–Kier alpha value is -2.13. The molecule has 2 aromatic rings. The summed E-state index contributed by atoms with van der Waals surface area (Å²) in [6.45, 7) is 7.05. The van der Waals surface area contributed by atoms with E-state index in [1.807, 2.05) is 33.0 Å². The molecule has 4 heterocycles. The minimum atomic E-state index is -3.44. The summed E-state index contributed by atoms with van der Waals surface area (Å²) in [5.74, 6) is 0.316. The van der Waals surface area contributed by atoms with E-state index in [-0.39, 0.29) is 6.54 Å². The van der Waals surface area contributed by atoms with Crippen LogP contribution in [-0.2, 0) is 14.8 Å². The van der Waals surface area contributed by atoms with Gasteiger partial charge in [0, 0.05) is 44.0 Å². The Morgan fingerprint density at radius 1 is 1.20 bits per heavy atom. The lowest BCUT2D eigenvalue weighted by Crippen LogP contribution is -2.44. The molecule has 0 aliphatic carbocycles. The van der Waals surface area contributed by atoms with Gasteiger partial charge in [0.25, 0.3) is 0 Å². The maximum Gasteiger partial charge on any atom is 0.410 e. The van der Waals surface area contributed by atoms with Crippen molar-refractivity contribution in [3.8, 4) is 0 Å². The zero-order valence-corrected chi connectivity index (χ0v) is 18.6. The normalized spacial score (nSPS) is 22.0. The molecule has 2 saturated heterocycles. The molecule has 2 aromatic heterocycles. The molecule has 30 heavy (non-hydrogen) atoms. The van der Waals surface area contributed by atoms with Crippen molar-refractivity contribution in [1.29, 1.82) is 0 Å². The van der Waals surface area contributed by atoms with Gasteiger partial charge in [0.05, 0.1) is 5.25 Å². The molecule has 1 N–H and O–H groups in total. The van der Waals surface area contributed by atoms with Crippen molar-refractivity contribution in [2.24, 2.45) is 0 Å². The molecule has 0 radical (unpaired) electrons. The molecule has 2 fully saturated rings. The Morgan fingerprint density at radius 3 is 2.63 bits per heavy atom. The molecule has 1 atom stereocenters. The van der Waals surface area contributed by atoms with Crippen molar-refractivity contribution in [1.82, 2.24) is 19.2 Å². The molecule has 0 aromatic carbocycles. The number of hydrogen-bond donors (Lipinski definition) is 1. The second-order valence-electron chi connectivity index (χ2n) is 9.20. The van der Waals surface area contributed by atoms with E-state index < -0.39 is 27.0 Å². The number of amides is 1. The van der Waals surface area contributed by atoms with E-state index in [9.17, 15) is 13.2 Å².